The molecule has 19 heavy (non-hydrogen) atoms. The Kier molecular flexibility index (Phi) is 3.95. The summed E-state index contributed by atoms with van der Waals surface area (Å²) < 4.78 is 26.1. The lowest BCUT2D eigenvalue weighted by Gasteiger charge is -2.33. The molecule has 0 aliphatic carbocycles. The molecule has 0 amide bonds. The predicted molar refractivity (Wildman–Crippen MR) is 69.8 cm³/mol. The second kappa shape index (κ2) is 5.20. The molecule has 1 aliphatic heterocycles. The highest BCUT2D eigenvalue weighted by molar-refractivity contribution is 7.89. The largest absolute Gasteiger partial charge is 0.477 e. The Hall–Kier alpha value is -0.960. The minimum absolute atomic E-state index is 0.157. The predicted octanol–water partition coefficient (Wildman–Crippen LogP) is 0.838. The lowest BCUT2D eigenvalue weighted by molar-refractivity contribution is 0.0625. The van der Waals surface area contributed by atoms with Crippen LogP contribution < -0.4 is 0 Å². The Bertz CT molecular complexity index is 580. The molecule has 6 nitrogen and oxygen atoms in total. The highest BCUT2D eigenvalue weighted by Gasteiger charge is 2.35. The fourth-order valence-electron chi connectivity index (χ4n) is 2.11. The van der Waals surface area contributed by atoms with Crippen molar-refractivity contribution in [2.45, 2.75) is 24.3 Å². The van der Waals surface area contributed by atoms with E-state index in [-0.39, 0.29) is 28.8 Å². The van der Waals surface area contributed by atoms with Crippen molar-refractivity contribution in [3.63, 3.8) is 0 Å². The van der Waals surface area contributed by atoms with Gasteiger partial charge in [0.2, 0.25) is 10.0 Å². The number of nitrogens with zero attached hydrogens (tertiary/aromatic N) is 1. The average Bonchev–Trinajstić information content (AvgIpc) is 2.82. The molecule has 8 heteroatoms. The first kappa shape index (κ1) is 14.4. The van der Waals surface area contributed by atoms with E-state index in [1.807, 2.05) is 0 Å². The molecule has 2 unspecified atom stereocenters. The highest BCUT2D eigenvalue weighted by Crippen LogP contribution is 2.28. The van der Waals surface area contributed by atoms with Crippen LogP contribution in [-0.4, -0.2) is 48.1 Å². The SMILES string of the molecule is CC1CN(S(=O)(=O)c2ccsc2C(=O)O)CCC1O. The van der Waals surface area contributed by atoms with Crippen LogP contribution in [0.15, 0.2) is 16.3 Å². The van der Waals surface area contributed by atoms with E-state index in [0.717, 1.165) is 11.3 Å². The van der Waals surface area contributed by atoms with Gasteiger partial charge >= 0.3 is 5.97 Å². The quantitative estimate of drug-likeness (QED) is 0.863. The number of hydrogen-bond donors (Lipinski definition) is 2. The number of sulfonamides is 1. The molecule has 1 aliphatic rings. The number of carboxylic acids is 1. The summed E-state index contributed by atoms with van der Waals surface area (Å²) in [6.07, 6.45) is -0.139. The van der Waals surface area contributed by atoms with E-state index in [1.54, 1.807) is 6.92 Å². The zero-order valence-corrected chi connectivity index (χ0v) is 11.9. The van der Waals surface area contributed by atoms with Gasteiger partial charge in [-0.05, 0) is 23.8 Å². The number of aliphatic hydroxyl groups excluding tert-OH is 1. The van der Waals surface area contributed by atoms with Gasteiger partial charge in [-0.25, -0.2) is 13.2 Å². The van der Waals surface area contributed by atoms with Gasteiger partial charge in [0.05, 0.1) is 6.10 Å². The fourth-order valence-corrected chi connectivity index (χ4v) is 4.90. The van der Waals surface area contributed by atoms with Crippen molar-refractivity contribution in [2.75, 3.05) is 13.1 Å². The molecule has 1 aromatic rings. The van der Waals surface area contributed by atoms with E-state index in [4.69, 9.17) is 5.11 Å². The maximum atomic E-state index is 12.4. The average molecular weight is 305 g/mol. The third-order valence-electron chi connectivity index (χ3n) is 3.26. The minimum atomic E-state index is -3.80. The van der Waals surface area contributed by atoms with Crippen LogP contribution >= 0.6 is 11.3 Å². The molecular weight excluding hydrogens is 290 g/mol. The summed E-state index contributed by atoms with van der Waals surface area (Å²) in [4.78, 5) is 10.7. The topological polar surface area (TPSA) is 94.9 Å². The smallest absolute Gasteiger partial charge is 0.347 e. The van der Waals surface area contributed by atoms with Crippen LogP contribution in [0.3, 0.4) is 0 Å². The van der Waals surface area contributed by atoms with E-state index in [0.29, 0.717) is 6.42 Å². The van der Waals surface area contributed by atoms with Crippen molar-refractivity contribution >= 4 is 27.3 Å². The van der Waals surface area contributed by atoms with Crippen molar-refractivity contribution in [1.29, 1.82) is 0 Å². The van der Waals surface area contributed by atoms with Gasteiger partial charge in [0.1, 0.15) is 9.77 Å². The third-order valence-corrected chi connectivity index (χ3v) is 6.20. The zero-order valence-electron chi connectivity index (χ0n) is 10.3. The molecule has 2 N–H and O–H groups in total. The van der Waals surface area contributed by atoms with E-state index in [2.05, 4.69) is 0 Å². The summed E-state index contributed by atoms with van der Waals surface area (Å²) >= 11 is 0.895. The van der Waals surface area contributed by atoms with Crippen molar-refractivity contribution in [2.24, 2.45) is 5.92 Å². The van der Waals surface area contributed by atoms with Gasteiger partial charge in [0.15, 0.2) is 0 Å². The van der Waals surface area contributed by atoms with Gasteiger partial charge in [-0.3, -0.25) is 0 Å². The summed E-state index contributed by atoms with van der Waals surface area (Å²) in [5, 5.41) is 20.1. The number of piperidine rings is 1. The monoisotopic (exact) mass is 305 g/mol. The van der Waals surface area contributed by atoms with Crippen LogP contribution in [0.5, 0.6) is 0 Å². The molecule has 2 heterocycles. The van der Waals surface area contributed by atoms with Crippen LogP contribution in [0.1, 0.15) is 23.0 Å². The molecule has 1 aromatic heterocycles. The standard InChI is InChI=1S/C11H15NO5S2/c1-7-6-12(4-2-8(7)13)19(16,17)9-3-5-18-10(9)11(14)15/h3,5,7-8,13H,2,4,6H2,1H3,(H,14,15). The van der Waals surface area contributed by atoms with Gasteiger partial charge in [-0.15, -0.1) is 11.3 Å². The van der Waals surface area contributed by atoms with Crippen LogP contribution in [0.4, 0.5) is 0 Å². The number of carbonyl (C=O) groups is 1. The van der Waals surface area contributed by atoms with E-state index < -0.39 is 22.1 Å². The van der Waals surface area contributed by atoms with Crippen molar-refractivity contribution in [3.8, 4) is 0 Å². The number of aromatic carboxylic acids is 1. The molecule has 106 valence electrons. The lowest BCUT2D eigenvalue weighted by Crippen LogP contribution is -2.45. The first-order chi connectivity index (χ1) is 8.84. The van der Waals surface area contributed by atoms with Crippen LogP contribution in [-0.2, 0) is 10.0 Å². The highest BCUT2D eigenvalue weighted by atomic mass is 32.2. The molecule has 0 spiro atoms. The number of hydrogen-bond acceptors (Lipinski definition) is 5. The maximum absolute atomic E-state index is 12.4. The molecule has 0 aromatic carbocycles. The number of aliphatic hydroxyl groups is 1. The number of rotatable bonds is 3. The van der Waals surface area contributed by atoms with Crippen LogP contribution in [0.2, 0.25) is 0 Å². The molecule has 2 rings (SSSR count). The molecule has 0 saturated carbocycles. The van der Waals surface area contributed by atoms with Gasteiger partial charge in [0.25, 0.3) is 0 Å². The summed E-state index contributed by atoms with van der Waals surface area (Å²) in [6, 6.07) is 1.32. The molecule has 2 atom stereocenters. The summed E-state index contributed by atoms with van der Waals surface area (Å²) in [5.41, 5.74) is 0. The van der Waals surface area contributed by atoms with Gasteiger partial charge in [-0.1, -0.05) is 6.92 Å². The van der Waals surface area contributed by atoms with E-state index in [9.17, 15) is 18.3 Å². The zero-order chi connectivity index (χ0) is 14.2. The van der Waals surface area contributed by atoms with Gasteiger partial charge in [0, 0.05) is 13.1 Å². The first-order valence-electron chi connectivity index (χ1n) is 5.83. The normalized spacial score (nSPS) is 25.4. The molecule has 1 fully saturated rings. The summed E-state index contributed by atoms with van der Waals surface area (Å²) in [7, 11) is -3.80. The van der Waals surface area contributed by atoms with Gasteiger partial charge in [-0.2, -0.15) is 4.31 Å². The van der Waals surface area contributed by atoms with Crippen molar-refractivity contribution < 1.29 is 23.4 Å². The van der Waals surface area contributed by atoms with E-state index >= 15 is 0 Å². The Morgan fingerprint density at radius 1 is 1.53 bits per heavy atom. The Morgan fingerprint density at radius 3 is 2.79 bits per heavy atom. The second-order valence-electron chi connectivity index (χ2n) is 4.62. The third kappa shape index (κ3) is 2.66. The Morgan fingerprint density at radius 2 is 2.21 bits per heavy atom. The summed E-state index contributed by atoms with van der Waals surface area (Å²) in [6.45, 7) is 2.19. The van der Waals surface area contributed by atoms with Crippen LogP contribution in [0.25, 0.3) is 0 Å². The molecule has 0 radical (unpaired) electrons. The molecule has 1 saturated heterocycles. The summed E-state index contributed by atoms with van der Waals surface area (Å²) in [5.74, 6) is -1.39. The van der Waals surface area contributed by atoms with Crippen LogP contribution in [0, 0.1) is 5.92 Å². The Balaban J connectivity index is 2.33. The minimum Gasteiger partial charge on any atom is -0.477 e. The molecular formula is C11H15NO5S2. The lowest BCUT2D eigenvalue weighted by atomic mass is 9.99. The van der Waals surface area contributed by atoms with E-state index in [1.165, 1.54) is 15.8 Å². The Labute approximate surface area is 115 Å². The number of thiophene rings is 1. The fraction of sp³-hybridized carbons (Fsp3) is 0.545. The van der Waals surface area contributed by atoms with Crippen molar-refractivity contribution in [1.82, 2.24) is 4.31 Å². The van der Waals surface area contributed by atoms with Gasteiger partial charge < -0.3 is 10.2 Å². The number of carboxylic acid groups (broad SMARTS) is 1. The van der Waals surface area contributed by atoms with Crippen molar-refractivity contribution in [3.05, 3.63) is 16.3 Å². The first-order valence-corrected chi connectivity index (χ1v) is 8.15. The maximum Gasteiger partial charge on any atom is 0.347 e. The molecule has 0 bridgehead atoms. The second-order valence-corrected chi connectivity index (χ2v) is 7.44.